The van der Waals surface area contributed by atoms with E-state index in [9.17, 15) is 9.28 Å². The van der Waals surface area contributed by atoms with Crippen molar-refractivity contribution in [3.63, 3.8) is 0 Å². The van der Waals surface area contributed by atoms with Crippen LogP contribution in [-0.2, 0) is 0 Å². The summed E-state index contributed by atoms with van der Waals surface area (Å²) >= 11 is 0. The van der Waals surface area contributed by atoms with Crippen LogP contribution in [0.4, 0.5) is 10.2 Å². The average Bonchev–Trinajstić information content (AvgIpc) is 2.46. The maximum atomic E-state index is 13.9. The molecule has 2 N–H and O–H groups in total. The molecule has 4 nitrogen and oxygen atoms in total. The normalized spacial score (nSPS) is 10.1. The Morgan fingerprint density at radius 1 is 1.00 bits per heavy atom. The highest BCUT2D eigenvalue weighted by atomic mass is 19.2. The van der Waals surface area contributed by atoms with E-state index in [0.717, 1.165) is 0 Å². The van der Waals surface area contributed by atoms with Crippen molar-refractivity contribution >= 4 is 24.2 Å². The summed E-state index contributed by atoms with van der Waals surface area (Å²) in [6, 6.07) is 13.3. The number of para-hydroxylation sites is 1. The fourth-order valence-corrected chi connectivity index (χ4v) is 1.59. The van der Waals surface area contributed by atoms with Crippen LogP contribution in [0.5, 0.6) is 0 Å². The van der Waals surface area contributed by atoms with Gasteiger partial charge < -0.3 is 10.0 Å². The Balaban J connectivity index is 2.20. The minimum absolute atomic E-state index is 0.0460. The van der Waals surface area contributed by atoms with Gasteiger partial charge in [-0.2, -0.15) is 0 Å². The van der Waals surface area contributed by atoms with Crippen LogP contribution >= 0.6 is 0 Å². The molecule has 0 spiro atoms. The van der Waals surface area contributed by atoms with Gasteiger partial charge in [-0.1, -0.05) is 34.8 Å². The van der Waals surface area contributed by atoms with Crippen molar-refractivity contribution in [2.45, 2.75) is 0 Å². The van der Waals surface area contributed by atoms with Gasteiger partial charge in [-0.05, 0) is 29.7 Å². The van der Waals surface area contributed by atoms with Crippen molar-refractivity contribution in [1.29, 1.82) is 0 Å². The number of nitrogens with zero attached hydrogens (tertiary/aromatic N) is 1. The van der Waals surface area contributed by atoms with E-state index >= 15 is 0 Å². The molecular formula is C13H11BFNO3. The van der Waals surface area contributed by atoms with Gasteiger partial charge in [0.25, 0.3) is 5.91 Å². The first-order valence-corrected chi connectivity index (χ1v) is 5.61. The zero-order valence-corrected chi connectivity index (χ0v) is 9.90. The standard InChI is InChI=1S/C13H11BFNO3/c15-16(12-4-2-1-3-5-12)13(17)10-6-8-11(9-7-10)14(18)19/h1-9,18-19H. The first kappa shape index (κ1) is 13.3. The maximum Gasteiger partial charge on any atom is 0.488 e. The summed E-state index contributed by atoms with van der Waals surface area (Å²) in [5, 5.41) is 17.9. The number of amides is 1. The summed E-state index contributed by atoms with van der Waals surface area (Å²) in [4.78, 5) is 11.9. The fourth-order valence-electron chi connectivity index (χ4n) is 1.59. The quantitative estimate of drug-likeness (QED) is 0.635. The molecule has 0 radical (unpaired) electrons. The number of halogens is 1. The van der Waals surface area contributed by atoms with Gasteiger partial charge in [0.15, 0.2) is 0 Å². The summed E-state index contributed by atoms with van der Waals surface area (Å²) in [5.74, 6) is -0.815. The second-order valence-corrected chi connectivity index (χ2v) is 3.92. The lowest BCUT2D eigenvalue weighted by molar-refractivity contribution is 0.0931. The zero-order valence-electron chi connectivity index (χ0n) is 9.90. The second-order valence-electron chi connectivity index (χ2n) is 3.92. The molecule has 2 aromatic carbocycles. The lowest BCUT2D eigenvalue weighted by Gasteiger charge is -2.12. The van der Waals surface area contributed by atoms with E-state index in [2.05, 4.69) is 0 Å². The number of rotatable bonds is 3. The number of hydrogen-bond donors (Lipinski definition) is 2. The smallest absolute Gasteiger partial charge is 0.423 e. The third kappa shape index (κ3) is 2.99. The average molecular weight is 259 g/mol. The molecule has 1 amide bonds. The highest BCUT2D eigenvalue weighted by Crippen LogP contribution is 2.16. The molecule has 19 heavy (non-hydrogen) atoms. The van der Waals surface area contributed by atoms with E-state index in [0.29, 0.717) is 0 Å². The number of hydrogen-bond acceptors (Lipinski definition) is 3. The second kappa shape index (κ2) is 5.64. The van der Waals surface area contributed by atoms with Gasteiger partial charge in [0.1, 0.15) is 0 Å². The highest BCUT2D eigenvalue weighted by Gasteiger charge is 2.18. The molecular weight excluding hydrogens is 248 g/mol. The van der Waals surface area contributed by atoms with Crippen LogP contribution in [-0.4, -0.2) is 23.1 Å². The largest absolute Gasteiger partial charge is 0.488 e. The minimum Gasteiger partial charge on any atom is -0.423 e. The first-order valence-electron chi connectivity index (χ1n) is 5.61. The SMILES string of the molecule is O=C(c1ccc(B(O)O)cc1)N(F)c1ccccc1. The van der Waals surface area contributed by atoms with Gasteiger partial charge >= 0.3 is 7.12 Å². The van der Waals surface area contributed by atoms with Gasteiger partial charge in [0.2, 0.25) is 0 Å². The summed E-state index contributed by atoms with van der Waals surface area (Å²) in [6.45, 7) is 0. The lowest BCUT2D eigenvalue weighted by Crippen LogP contribution is -2.30. The molecule has 2 aromatic rings. The molecule has 0 aliphatic carbocycles. The van der Waals surface area contributed by atoms with E-state index in [1.54, 1.807) is 18.2 Å². The van der Waals surface area contributed by atoms with Crippen LogP contribution in [0.2, 0.25) is 0 Å². The third-order valence-electron chi connectivity index (χ3n) is 2.62. The van der Waals surface area contributed by atoms with Crippen LogP contribution in [0.1, 0.15) is 10.4 Å². The number of anilines is 1. The molecule has 0 aliphatic heterocycles. The number of carbonyl (C=O) groups is 1. The van der Waals surface area contributed by atoms with Crippen LogP contribution < -0.4 is 10.6 Å². The van der Waals surface area contributed by atoms with Crippen LogP contribution in [0.3, 0.4) is 0 Å². The van der Waals surface area contributed by atoms with Gasteiger partial charge in [-0.25, -0.2) is 0 Å². The van der Waals surface area contributed by atoms with Crippen LogP contribution in [0, 0.1) is 0 Å². The van der Waals surface area contributed by atoms with Crippen molar-refractivity contribution < 1.29 is 19.3 Å². The zero-order chi connectivity index (χ0) is 13.8. The summed E-state index contributed by atoms with van der Waals surface area (Å²) < 4.78 is 13.9. The third-order valence-corrected chi connectivity index (χ3v) is 2.62. The highest BCUT2D eigenvalue weighted by molar-refractivity contribution is 6.58. The molecule has 0 atom stereocenters. The Hall–Kier alpha value is -2.18. The number of benzene rings is 2. The molecule has 2 rings (SSSR count). The van der Waals surface area contributed by atoms with Gasteiger partial charge in [-0.15, -0.1) is 5.12 Å². The molecule has 0 fully saturated rings. The molecule has 0 aromatic heterocycles. The predicted molar refractivity (Wildman–Crippen MR) is 70.6 cm³/mol. The summed E-state index contributed by atoms with van der Waals surface area (Å²) in [5.41, 5.74) is 0.496. The maximum absolute atomic E-state index is 13.9. The Morgan fingerprint density at radius 3 is 2.11 bits per heavy atom. The monoisotopic (exact) mass is 259 g/mol. The number of carbonyl (C=O) groups excluding carboxylic acids is 1. The molecule has 0 aliphatic rings. The molecule has 0 saturated carbocycles. The summed E-state index contributed by atoms with van der Waals surface area (Å²) in [6.07, 6.45) is 0. The van der Waals surface area contributed by atoms with Crippen LogP contribution in [0.25, 0.3) is 0 Å². The van der Waals surface area contributed by atoms with Gasteiger partial charge in [0.05, 0.1) is 5.69 Å². The molecule has 0 heterocycles. The Morgan fingerprint density at radius 2 is 1.58 bits per heavy atom. The van der Waals surface area contributed by atoms with E-state index < -0.39 is 13.0 Å². The fraction of sp³-hybridized carbons (Fsp3) is 0. The van der Waals surface area contributed by atoms with Gasteiger partial charge in [-0.3, -0.25) is 4.79 Å². The van der Waals surface area contributed by atoms with E-state index in [1.807, 2.05) is 0 Å². The Bertz CT molecular complexity index is 560. The van der Waals surface area contributed by atoms with Crippen molar-refractivity contribution in [2.24, 2.45) is 0 Å². The molecule has 0 bridgehead atoms. The van der Waals surface area contributed by atoms with Gasteiger partial charge in [0, 0.05) is 5.56 Å². The van der Waals surface area contributed by atoms with Crippen molar-refractivity contribution in [1.82, 2.24) is 0 Å². The van der Waals surface area contributed by atoms with Crippen molar-refractivity contribution in [3.05, 3.63) is 60.2 Å². The molecule has 0 saturated heterocycles. The molecule has 6 heteroatoms. The Kier molecular flexibility index (Phi) is 3.94. The van der Waals surface area contributed by atoms with Crippen LogP contribution in [0.15, 0.2) is 54.6 Å². The van der Waals surface area contributed by atoms with E-state index in [4.69, 9.17) is 10.0 Å². The molecule has 0 unspecified atom stereocenters. The van der Waals surface area contributed by atoms with E-state index in [1.165, 1.54) is 36.4 Å². The topological polar surface area (TPSA) is 60.8 Å². The first-order chi connectivity index (χ1) is 9.09. The predicted octanol–water partition coefficient (Wildman–Crippen LogP) is 0.898. The summed E-state index contributed by atoms with van der Waals surface area (Å²) in [7, 11) is -1.61. The van der Waals surface area contributed by atoms with Crippen molar-refractivity contribution in [3.8, 4) is 0 Å². The Labute approximate surface area is 109 Å². The van der Waals surface area contributed by atoms with E-state index in [-0.39, 0.29) is 21.8 Å². The minimum atomic E-state index is -1.61. The molecule has 96 valence electrons. The lowest BCUT2D eigenvalue weighted by atomic mass is 9.80. The van der Waals surface area contributed by atoms with Crippen molar-refractivity contribution in [2.75, 3.05) is 5.12 Å².